The molecule has 0 fully saturated rings. The first-order valence-electron chi connectivity index (χ1n) is 9.47. The molecule has 2 heterocycles. The number of fused-ring (bicyclic) bond motifs is 1. The first kappa shape index (κ1) is 27.0. The molecule has 0 amide bonds. The van der Waals surface area contributed by atoms with Crippen LogP contribution in [0.15, 0.2) is 12.7 Å². The highest BCUT2D eigenvalue weighted by molar-refractivity contribution is 7.56. The van der Waals surface area contributed by atoms with Crippen LogP contribution in [0.5, 0.6) is 0 Å². The van der Waals surface area contributed by atoms with Gasteiger partial charge < -0.3 is 25.0 Å². The molecule has 3 atom stereocenters. The Labute approximate surface area is 172 Å². The lowest BCUT2D eigenvalue weighted by molar-refractivity contribution is -0.142. The van der Waals surface area contributed by atoms with Gasteiger partial charge in [0.1, 0.15) is 18.2 Å². The average Bonchev–Trinajstić information content (AvgIpc) is 3.05. The van der Waals surface area contributed by atoms with Crippen LogP contribution in [0.2, 0.25) is 0 Å². The van der Waals surface area contributed by atoms with E-state index in [1.54, 1.807) is 17.8 Å². The van der Waals surface area contributed by atoms with Gasteiger partial charge in [0.05, 0.1) is 24.9 Å². The summed E-state index contributed by atoms with van der Waals surface area (Å²) in [5.41, 5.74) is 6.85. The number of imidazole rings is 1. The lowest BCUT2D eigenvalue weighted by Gasteiger charge is -2.15. The van der Waals surface area contributed by atoms with Crippen molar-refractivity contribution in [3.8, 4) is 0 Å². The number of hydrogen-bond donors (Lipinski definition) is 3. The zero-order valence-electron chi connectivity index (χ0n) is 18.2. The van der Waals surface area contributed by atoms with Gasteiger partial charge >= 0.3 is 5.97 Å². The van der Waals surface area contributed by atoms with Gasteiger partial charge in [-0.1, -0.05) is 34.6 Å². The number of hydrogen-bond acceptors (Lipinski definition) is 7. The molecule has 0 aromatic carbocycles. The molecule has 4 N–H and O–H groups in total. The second kappa shape index (κ2) is 12.5. The van der Waals surface area contributed by atoms with E-state index in [-0.39, 0.29) is 24.3 Å². The molecule has 0 spiro atoms. The molecule has 1 unspecified atom stereocenters. The van der Waals surface area contributed by atoms with E-state index in [1.807, 2.05) is 34.6 Å². The number of nitrogens with zero attached hydrogens (tertiary/aromatic N) is 4. The standard InChI is InChI=1S/C10H16N5O3P.C6H12O2.C2H6/c1-7(18-6-19(2,16)17)3-15-5-14-8-9(11)12-4-13-10(8)15;1-4(2)5(3)6(7)8;1-2/h4-5,7H,3,6H2,1-2H3,(H,16,17)(H2,11,12,13);4-5H,1-3H3,(H,7,8);1-2H3/t7-;5-;/m10./s1. The van der Waals surface area contributed by atoms with Crippen LogP contribution in [-0.4, -0.2) is 54.6 Å². The Morgan fingerprint density at radius 1 is 1.24 bits per heavy atom. The van der Waals surface area contributed by atoms with Crippen molar-refractivity contribution in [3.05, 3.63) is 12.7 Å². The van der Waals surface area contributed by atoms with Crippen LogP contribution in [0, 0.1) is 11.8 Å². The Morgan fingerprint density at radius 2 is 1.83 bits per heavy atom. The second-order valence-corrected chi connectivity index (χ2v) is 9.22. The number of carboxylic acid groups (broad SMARTS) is 1. The minimum absolute atomic E-state index is 0.169. The molecule has 0 bridgehead atoms. The fraction of sp³-hybridized carbons (Fsp3) is 0.667. The summed E-state index contributed by atoms with van der Waals surface area (Å²) in [7, 11) is -3.16. The van der Waals surface area contributed by atoms with E-state index in [0.717, 1.165) is 0 Å². The van der Waals surface area contributed by atoms with Gasteiger partial charge in [0.2, 0.25) is 7.37 Å². The molecular weight excluding hydrogens is 397 g/mol. The van der Waals surface area contributed by atoms with Gasteiger partial charge in [0.15, 0.2) is 11.5 Å². The van der Waals surface area contributed by atoms with Crippen LogP contribution in [0.4, 0.5) is 5.82 Å². The van der Waals surface area contributed by atoms with E-state index in [4.69, 9.17) is 15.6 Å². The van der Waals surface area contributed by atoms with Crippen LogP contribution >= 0.6 is 7.37 Å². The molecule has 166 valence electrons. The molecule has 0 aliphatic heterocycles. The highest BCUT2D eigenvalue weighted by Crippen LogP contribution is 2.35. The maximum Gasteiger partial charge on any atom is 0.306 e. The fourth-order valence-electron chi connectivity index (χ4n) is 1.91. The van der Waals surface area contributed by atoms with Crippen LogP contribution < -0.4 is 5.73 Å². The number of aromatic nitrogens is 4. The summed E-state index contributed by atoms with van der Waals surface area (Å²) in [6.45, 7) is 13.1. The quantitative estimate of drug-likeness (QED) is 0.561. The zero-order chi connectivity index (χ0) is 22.8. The molecule has 0 aliphatic carbocycles. The molecule has 0 saturated carbocycles. The number of carboxylic acids is 1. The monoisotopic (exact) mass is 431 g/mol. The Bertz CT molecular complexity index is 805. The summed E-state index contributed by atoms with van der Waals surface area (Å²) in [4.78, 5) is 31.4. The summed E-state index contributed by atoms with van der Waals surface area (Å²) in [5.74, 6) is -0.353. The van der Waals surface area contributed by atoms with Crippen molar-refractivity contribution in [3.63, 3.8) is 0 Å². The Kier molecular flexibility index (Phi) is 11.6. The molecule has 10 nitrogen and oxygen atoms in total. The van der Waals surface area contributed by atoms with E-state index in [2.05, 4.69) is 15.0 Å². The van der Waals surface area contributed by atoms with Crippen molar-refractivity contribution < 1.29 is 24.1 Å². The van der Waals surface area contributed by atoms with Crippen LogP contribution in [-0.2, 0) is 20.6 Å². The Hall–Kier alpha value is -2.03. The normalized spacial score (nSPS) is 14.8. The van der Waals surface area contributed by atoms with Gasteiger partial charge in [-0.2, -0.15) is 0 Å². The van der Waals surface area contributed by atoms with Crippen molar-refractivity contribution in [2.45, 2.75) is 54.2 Å². The predicted octanol–water partition coefficient (Wildman–Crippen LogP) is 3.06. The third-order valence-electron chi connectivity index (χ3n) is 3.87. The summed E-state index contributed by atoms with van der Waals surface area (Å²) in [6.07, 6.45) is 2.56. The van der Waals surface area contributed by atoms with Gasteiger partial charge in [0, 0.05) is 6.66 Å². The minimum atomic E-state index is -3.16. The van der Waals surface area contributed by atoms with Crippen LogP contribution in [0.3, 0.4) is 0 Å². The highest BCUT2D eigenvalue weighted by atomic mass is 31.2. The van der Waals surface area contributed by atoms with Gasteiger partial charge in [-0.15, -0.1) is 0 Å². The topological polar surface area (TPSA) is 153 Å². The molecule has 0 radical (unpaired) electrons. The molecule has 29 heavy (non-hydrogen) atoms. The number of rotatable bonds is 7. The predicted molar refractivity (Wildman–Crippen MR) is 114 cm³/mol. The van der Waals surface area contributed by atoms with Gasteiger partial charge in [-0.25, -0.2) is 15.0 Å². The number of anilines is 1. The fourth-order valence-corrected chi connectivity index (χ4v) is 2.44. The van der Waals surface area contributed by atoms with Gasteiger partial charge in [-0.05, 0) is 12.8 Å². The third kappa shape index (κ3) is 9.83. The van der Waals surface area contributed by atoms with E-state index in [1.165, 1.54) is 13.0 Å². The summed E-state index contributed by atoms with van der Waals surface area (Å²) >= 11 is 0. The van der Waals surface area contributed by atoms with Gasteiger partial charge in [0.25, 0.3) is 0 Å². The molecule has 2 aromatic rings. The van der Waals surface area contributed by atoms with Crippen molar-refractivity contribution in [1.29, 1.82) is 0 Å². The number of nitrogens with two attached hydrogens (primary N) is 1. The minimum Gasteiger partial charge on any atom is -0.481 e. The van der Waals surface area contributed by atoms with Crippen molar-refractivity contribution in [2.24, 2.45) is 11.8 Å². The molecule has 2 rings (SSSR count). The number of carbonyl (C=O) groups is 1. The van der Waals surface area contributed by atoms with Crippen molar-refractivity contribution in [1.82, 2.24) is 19.5 Å². The maximum atomic E-state index is 11.2. The van der Waals surface area contributed by atoms with Crippen molar-refractivity contribution in [2.75, 3.05) is 18.7 Å². The largest absolute Gasteiger partial charge is 0.481 e. The highest BCUT2D eigenvalue weighted by Gasteiger charge is 2.15. The Morgan fingerprint density at radius 3 is 2.28 bits per heavy atom. The SMILES string of the molecule is CC.CC(C)[C@H](C)C(=O)O.C[C@H](Cn1cnc2c(N)ncnc21)OCP(C)(=O)O. The average molecular weight is 431 g/mol. The summed E-state index contributed by atoms with van der Waals surface area (Å²) in [6, 6.07) is 0. The maximum absolute atomic E-state index is 11.2. The summed E-state index contributed by atoms with van der Waals surface area (Å²) < 4.78 is 18.2. The van der Waals surface area contributed by atoms with E-state index < -0.39 is 13.3 Å². The van der Waals surface area contributed by atoms with E-state index >= 15 is 0 Å². The van der Waals surface area contributed by atoms with Crippen LogP contribution in [0.25, 0.3) is 11.2 Å². The first-order chi connectivity index (χ1) is 13.4. The number of aliphatic carboxylic acids is 1. The molecular formula is C18H34N5O5P. The zero-order valence-corrected chi connectivity index (χ0v) is 19.1. The Balaban J connectivity index is 0.000000664. The van der Waals surface area contributed by atoms with Gasteiger partial charge in [-0.3, -0.25) is 9.36 Å². The van der Waals surface area contributed by atoms with Crippen molar-refractivity contribution >= 4 is 30.3 Å². The van der Waals surface area contributed by atoms with Crippen LogP contribution in [0.1, 0.15) is 41.5 Å². The number of ether oxygens (including phenoxy) is 1. The van der Waals surface area contributed by atoms with E-state index in [9.17, 15) is 14.3 Å². The molecule has 2 aromatic heterocycles. The molecule has 0 aliphatic rings. The second-order valence-electron chi connectivity index (χ2n) is 6.86. The molecule has 11 heteroatoms. The third-order valence-corrected chi connectivity index (χ3v) is 4.50. The first-order valence-corrected chi connectivity index (χ1v) is 11.8. The lowest BCUT2D eigenvalue weighted by Crippen LogP contribution is -2.17. The smallest absolute Gasteiger partial charge is 0.306 e. The van der Waals surface area contributed by atoms with E-state index in [0.29, 0.717) is 23.5 Å². The number of nitrogen functional groups attached to an aromatic ring is 1. The lowest BCUT2D eigenvalue weighted by atomic mass is 9.99. The summed E-state index contributed by atoms with van der Waals surface area (Å²) in [5, 5.41) is 8.35. The molecule has 0 saturated heterocycles.